The molecular formula is C27H29Br2N3O5S. The van der Waals surface area contributed by atoms with E-state index in [1.54, 1.807) is 0 Å². The van der Waals surface area contributed by atoms with Crippen LogP contribution in [0.4, 0.5) is 11.4 Å². The summed E-state index contributed by atoms with van der Waals surface area (Å²) in [4.78, 5) is 48.8. The second kappa shape index (κ2) is 13.4. The minimum atomic E-state index is -0.640. The second-order valence-corrected chi connectivity index (χ2v) is 12.1. The van der Waals surface area contributed by atoms with Crippen LogP contribution in [0.25, 0.3) is 6.08 Å². The van der Waals surface area contributed by atoms with Gasteiger partial charge in [-0.1, -0.05) is 12.1 Å². The molecule has 0 aromatic heterocycles. The van der Waals surface area contributed by atoms with Crippen LogP contribution in [-0.4, -0.2) is 64.1 Å². The number of ketones is 1. The molecule has 2 unspecified atom stereocenters. The Morgan fingerprint density at radius 1 is 0.974 bits per heavy atom. The zero-order valence-corrected chi connectivity index (χ0v) is 25.5. The third-order valence-corrected chi connectivity index (χ3v) is 8.62. The van der Waals surface area contributed by atoms with Crippen LogP contribution in [0.2, 0.25) is 0 Å². The number of ether oxygens (including phenoxy) is 1. The second-order valence-electron chi connectivity index (χ2n) is 9.16. The third kappa shape index (κ3) is 7.70. The minimum Gasteiger partial charge on any atom is -0.464 e. The van der Waals surface area contributed by atoms with E-state index in [1.165, 1.54) is 17.3 Å². The van der Waals surface area contributed by atoms with E-state index in [1.807, 2.05) is 63.1 Å². The molecule has 2 aromatic rings. The van der Waals surface area contributed by atoms with Gasteiger partial charge >= 0.3 is 0 Å². The Labute approximate surface area is 243 Å². The van der Waals surface area contributed by atoms with Gasteiger partial charge in [0.2, 0.25) is 5.91 Å². The van der Waals surface area contributed by atoms with Crippen LogP contribution < -0.4 is 15.1 Å². The molecule has 0 spiro atoms. The summed E-state index contributed by atoms with van der Waals surface area (Å²) in [5, 5.41) is 2.56. The fourth-order valence-corrected chi connectivity index (χ4v) is 6.84. The molecule has 2 aliphatic heterocycles. The normalized spacial score (nSPS) is 19.9. The summed E-state index contributed by atoms with van der Waals surface area (Å²) in [6.45, 7) is 0.554. The van der Waals surface area contributed by atoms with E-state index in [-0.39, 0.29) is 18.1 Å². The van der Waals surface area contributed by atoms with Gasteiger partial charge in [0.15, 0.2) is 5.78 Å². The van der Waals surface area contributed by atoms with Crippen LogP contribution in [0.3, 0.4) is 0 Å². The molecule has 2 atom stereocenters. The maximum atomic E-state index is 11.7. The number of amides is 2. The summed E-state index contributed by atoms with van der Waals surface area (Å²) in [7, 11) is 7.89. The number of hydrogen-bond acceptors (Lipinski definition) is 8. The monoisotopic (exact) mass is 665 g/mol. The summed E-state index contributed by atoms with van der Waals surface area (Å²) in [5.74, 6) is -0.761. The summed E-state index contributed by atoms with van der Waals surface area (Å²) in [6.07, 6.45) is 2.17. The molecule has 38 heavy (non-hydrogen) atoms. The van der Waals surface area contributed by atoms with Gasteiger partial charge in [-0.3, -0.25) is 24.5 Å². The number of nitrogens with one attached hydrogen (secondary N) is 1. The highest BCUT2D eigenvalue weighted by atomic mass is 79.9. The van der Waals surface area contributed by atoms with Crippen molar-refractivity contribution in [3.8, 4) is 0 Å². The molecule has 2 aliphatic rings. The Hall–Kier alpha value is -2.63. The highest BCUT2D eigenvalue weighted by Gasteiger charge is 2.29. The zero-order valence-electron chi connectivity index (χ0n) is 21.5. The first-order valence-corrected chi connectivity index (χ1v) is 14.4. The van der Waals surface area contributed by atoms with Gasteiger partial charge in [-0.25, -0.2) is 0 Å². The summed E-state index contributed by atoms with van der Waals surface area (Å²) in [6, 6.07) is 11.9. The van der Waals surface area contributed by atoms with E-state index in [0.29, 0.717) is 11.7 Å². The lowest BCUT2D eigenvalue weighted by atomic mass is 10.0. The Morgan fingerprint density at radius 2 is 1.61 bits per heavy atom. The van der Waals surface area contributed by atoms with Crippen LogP contribution in [0.15, 0.2) is 50.9 Å². The standard InChI is InChI=1S/C14H13BrN2O3.C13H16BrNO2S/c1-17(2)11-4-3-8(6-10(11)15)5-9-12(18)7-13(19)16-14(9)20;1-15(2)12-4-3-9(5-11(12)14)13-6-10(7-18-13)17-8-16/h3-6H,7H2,1-2H3,(H,16,19,20);3-5,8,10,13H,6-7H2,1-2H3/b9-5+;. The van der Waals surface area contributed by atoms with Gasteiger partial charge in [0.25, 0.3) is 12.4 Å². The lowest BCUT2D eigenvalue weighted by Crippen LogP contribution is -2.40. The molecule has 2 amide bonds. The molecule has 2 heterocycles. The molecule has 0 saturated carbocycles. The van der Waals surface area contributed by atoms with Crippen LogP contribution in [0.1, 0.15) is 29.2 Å². The lowest BCUT2D eigenvalue weighted by Gasteiger charge is -2.17. The topological polar surface area (TPSA) is 96.0 Å². The Balaban J connectivity index is 0.000000212. The van der Waals surface area contributed by atoms with Gasteiger partial charge in [0, 0.05) is 54.6 Å². The Bertz CT molecular complexity index is 1240. The fraction of sp³-hybridized carbons (Fsp3) is 0.333. The van der Waals surface area contributed by atoms with Crippen molar-refractivity contribution in [3.63, 3.8) is 0 Å². The first-order chi connectivity index (χ1) is 18.0. The predicted octanol–water partition coefficient (Wildman–Crippen LogP) is 4.75. The van der Waals surface area contributed by atoms with Crippen LogP contribution >= 0.6 is 43.6 Å². The van der Waals surface area contributed by atoms with E-state index in [0.717, 1.165) is 32.4 Å². The summed E-state index contributed by atoms with van der Waals surface area (Å²) in [5.41, 5.74) is 4.17. The maximum Gasteiger partial charge on any atom is 0.293 e. The summed E-state index contributed by atoms with van der Waals surface area (Å²) < 4.78 is 6.99. The molecule has 2 saturated heterocycles. The highest BCUT2D eigenvalue weighted by Crippen LogP contribution is 2.42. The molecule has 0 radical (unpaired) electrons. The van der Waals surface area contributed by atoms with Crippen molar-refractivity contribution in [1.29, 1.82) is 0 Å². The molecule has 1 N–H and O–H groups in total. The van der Waals surface area contributed by atoms with Gasteiger partial charge < -0.3 is 14.5 Å². The number of rotatable bonds is 6. The van der Waals surface area contributed by atoms with E-state index in [9.17, 15) is 19.2 Å². The number of benzene rings is 2. The van der Waals surface area contributed by atoms with E-state index in [4.69, 9.17) is 4.74 Å². The molecule has 0 bridgehead atoms. The molecule has 0 aliphatic carbocycles. The van der Waals surface area contributed by atoms with E-state index < -0.39 is 17.6 Å². The average Bonchev–Trinajstić information content (AvgIpc) is 3.30. The van der Waals surface area contributed by atoms with Gasteiger partial charge in [0.05, 0.1) is 23.4 Å². The molecule has 8 nitrogen and oxygen atoms in total. The average molecular weight is 667 g/mol. The van der Waals surface area contributed by atoms with Crippen LogP contribution in [-0.2, 0) is 23.9 Å². The third-order valence-electron chi connectivity index (χ3n) is 5.92. The highest BCUT2D eigenvalue weighted by molar-refractivity contribution is 9.11. The van der Waals surface area contributed by atoms with Crippen molar-refractivity contribution >= 4 is 85.1 Å². The van der Waals surface area contributed by atoms with Gasteiger partial charge in [-0.2, -0.15) is 0 Å². The van der Waals surface area contributed by atoms with Crippen molar-refractivity contribution in [2.24, 2.45) is 0 Å². The van der Waals surface area contributed by atoms with Crippen molar-refractivity contribution in [2.45, 2.75) is 24.2 Å². The van der Waals surface area contributed by atoms with Crippen molar-refractivity contribution < 1.29 is 23.9 Å². The number of carbonyl (C=O) groups is 4. The molecular weight excluding hydrogens is 638 g/mol. The molecule has 11 heteroatoms. The SMILES string of the molecule is CN(C)c1ccc(/C=C2\C(=O)CC(=O)NC2=O)cc1Br.CN(C)c1ccc(C2CC(OC=O)CS2)cc1Br. The Morgan fingerprint density at radius 3 is 2.16 bits per heavy atom. The van der Waals surface area contributed by atoms with Crippen molar-refractivity contribution in [3.05, 3.63) is 62.0 Å². The largest absolute Gasteiger partial charge is 0.464 e. The van der Waals surface area contributed by atoms with Gasteiger partial charge in [0.1, 0.15) is 6.10 Å². The van der Waals surface area contributed by atoms with Crippen LogP contribution in [0, 0.1) is 0 Å². The molecule has 202 valence electrons. The van der Waals surface area contributed by atoms with Crippen LogP contribution in [0.5, 0.6) is 0 Å². The number of hydrogen-bond donors (Lipinski definition) is 1. The van der Waals surface area contributed by atoms with Gasteiger partial charge in [-0.15, -0.1) is 11.8 Å². The van der Waals surface area contributed by atoms with Crippen molar-refractivity contribution in [1.82, 2.24) is 5.32 Å². The van der Waals surface area contributed by atoms with E-state index in [2.05, 4.69) is 60.3 Å². The number of carbonyl (C=O) groups excluding carboxylic acids is 4. The molecule has 2 fully saturated rings. The first-order valence-electron chi connectivity index (χ1n) is 11.7. The predicted molar refractivity (Wildman–Crippen MR) is 158 cm³/mol. The number of halogens is 2. The molecule has 2 aromatic carbocycles. The number of thioether (sulfide) groups is 1. The van der Waals surface area contributed by atoms with E-state index >= 15 is 0 Å². The fourth-order valence-electron chi connectivity index (χ4n) is 3.98. The number of anilines is 2. The minimum absolute atomic E-state index is 0.00843. The Kier molecular flexibility index (Phi) is 10.6. The zero-order chi connectivity index (χ0) is 28.0. The summed E-state index contributed by atoms with van der Waals surface area (Å²) >= 11 is 8.89. The lowest BCUT2D eigenvalue weighted by molar-refractivity contribution is -0.135. The number of piperidine rings is 1. The quantitative estimate of drug-likeness (QED) is 0.155. The smallest absolute Gasteiger partial charge is 0.293 e. The number of nitrogens with zero attached hydrogens (tertiary/aromatic N) is 2. The van der Waals surface area contributed by atoms with Gasteiger partial charge in [-0.05, 0) is 73.3 Å². The first kappa shape index (κ1) is 29.9. The number of imide groups is 1. The maximum absolute atomic E-state index is 11.7. The number of Topliss-reactive ketones (excluding diaryl/α,β-unsaturated/α-hetero) is 1. The van der Waals surface area contributed by atoms with Crippen molar-refractivity contribution in [2.75, 3.05) is 43.7 Å². The molecule has 4 rings (SSSR count).